The summed E-state index contributed by atoms with van der Waals surface area (Å²) in [5, 5.41) is 0. The zero-order valence-electron chi connectivity index (χ0n) is 15.4. The molecule has 1 fully saturated rings. The Morgan fingerprint density at radius 2 is 1.52 bits per heavy atom. The number of hydrogen-bond acceptors (Lipinski definition) is 4. The van der Waals surface area contributed by atoms with Gasteiger partial charge in [-0.05, 0) is 17.7 Å². The minimum Gasteiger partial charge on any atom is -0.340 e. The van der Waals surface area contributed by atoms with E-state index in [1.165, 1.54) is 0 Å². The van der Waals surface area contributed by atoms with Crippen LogP contribution in [-0.2, 0) is 14.8 Å². The summed E-state index contributed by atoms with van der Waals surface area (Å²) >= 11 is 0. The van der Waals surface area contributed by atoms with Gasteiger partial charge in [-0.1, -0.05) is 48.5 Å². The highest BCUT2D eigenvalue weighted by molar-refractivity contribution is 7.89. The van der Waals surface area contributed by atoms with E-state index in [0.29, 0.717) is 26.2 Å². The molecule has 0 spiro atoms. The summed E-state index contributed by atoms with van der Waals surface area (Å²) in [6.07, 6.45) is 0. The molecule has 0 aromatic heterocycles. The van der Waals surface area contributed by atoms with Crippen molar-refractivity contribution < 1.29 is 13.2 Å². The number of nitrogens with one attached hydrogen (secondary N) is 1. The van der Waals surface area contributed by atoms with Crippen LogP contribution in [-0.4, -0.2) is 56.8 Å². The normalized spacial score (nSPS) is 16.9. The van der Waals surface area contributed by atoms with Crippen LogP contribution in [0.5, 0.6) is 0 Å². The number of rotatable bonds is 6. The molecule has 0 saturated carbocycles. The van der Waals surface area contributed by atoms with E-state index in [1.807, 2.05) is 35.2 Å². The van der Waals surface area contributed by atoms with Crippen molar-refractivity contribution in [2.24, 2.45) is 0 Å². The Morgan fingerprint density at radius 1 is 0.963 bits per heavy atom. The number of amides is 1. The topological polar surface area (TPSA) is 69.7 Å². The van der Waals surface area contributed by atoms with Crippen molar-refractivity contribution in [1.29, 1.82) is 0 Å². The molecule has 1 aliphatic heterocycles. The van der Waals surface area contributed by atoms with Gasteiger partial charge in [-0.2, -0.15) is 0 Å². The lowest BCUT2D eigenvalue weighted by Crippen LogP contribution is -2.50. The quantitative estimate of drug-likeness (QED) is 0.822. The van der Waals surface area contributed by atoms with Gasteiger partial charge < -0.3 is 4.90 Å². The molecule has 7 heteroatoms. The molecule has 0 radical (unpaired) electrons. The van der Waals surface area contributed by atoms with Gasteiger partial charge in [0.25, 0.3) is 0 Å². The van der Waals surface area contributed by atoms with Gasteiger partial charge in [0.05, 0.1) is 4.90 Å². The van der Waals surface area contributed by atoms with E-state index < -0.39 is 10.0 Å². The highest BCUT2D eigenvalue weighted by atomic mass is 32.2. The third kappa shape index (κ3) is 4.94. The molecule has 2 aromatic rings. The second kappa shape index (κ2) is 8.65. The summed E-state index contributed by atoms with van der Waals surface area (Å²) in [7, 11) is -3.57. The third-order valence-corrected chi connectivity index (χ3v) is 6.34. The van der Waals surface area contributed by atoms with Crippen molar-refractivity contribution >= 4 is 15.9 Å². The van der Waals surface area contributed by atoms with Crippen LogP contribution in [0.2, 0.25) is 0 Å². The van der Waals surface area contributed by atoms with E-state index in [1.54, 1.807) is 37.3 Å². The number of piperazine rings is 1. The molecule has 0 bridgehead atoms. The van der Waals surface area contributed by atoms with E-state index in [4.69, 9.17) is 0 Å². The lowest BCUT2D eigenvalue weighted by Gasteiger charge is -2.39. The molecule has 2 aromatic carbocycles. The number of carbonyl (C=O) groups excluding carboxylic acids is 1. The van der Waals surface area contributed by atoms with E-state index in [-0.39, 0.29) is 23.4 Å². The lowest BCUT2D eigenvalue weighted by molar-refractivity contribution is -0.130. The van der Waals surface area contributed by atoms with Crippen LogP contribution in [0.15, 0.2) is 65.6 Å². The molecule has 1 heterocycles. The molecule has 0 aliphatic carbocycles. The fourth-order valence-corrected chi connectivity index (χ4v) is 4.41. The van der Waals surface area contributed by atoms with Crippen molar-refractivity contribution in [3.8, 4) is 0 Å². The van der Waals surface area contributed by atoms with Gasteiger partial charge in [0.15, 0.2) is 0 Å². The maximum absolute atomic E-state index is 12.6. The fraction of sp³-hybridized carbons (Fsp3) is 0.350. The smallest absolute Gasteiger partial charge is 0.240 e. The maximum atomic E-state index is 12.6. The molecule has 6 nitrogen and oxygen atoms in total. The monoisotopic (exact) mass is 387 g/mol. The highest BCUT2D eigenvalue weighted by Crippen LogP contribution is 2.22. The van der Waals surface area contributed by atoms with Gasteiger partial charge in [0.1, 0.15) is 0 Å². The average Bonchev–Trinajstić information content (AvgIpc) is 2.70. The molecule has 1 aliphatic rings. The largest absolute Gasteiger partial charge is 0.340 e. The Labute approximate surface area is 160 Å². The molecule has 27 heavy (non-hydrogen) atoms. The summed E-state index contributed by atoms with van der Waals surface area (Å²) in [4.78, 5) is 15.9. The minimum absolute atomic E-state index is 0.0793. The van der Waals surface area contributed by atoms with Crippen molar-refractivity contribution in [1.82, 2.24) is 14.5 Å². The zero-order valence-corrected chi connectivity index (χ0v) is 16.2. The molecular weight excluding hydrogens is 362 g/mol. The summed E-state index contributed by atoms with van der Waals surface area (Å²) in [5.74, 6) is 0.0793. The van der Waals surface area contributed by atoms with Crippen molar-refractivity contribution in [3.05, 3.63) is 66.2 Å². The molecule has 1 amide bonds. The van der Waals surface area contributed by atoms with Crippen molar-refractivity contribution in [2.75, 3.05) is 32.7 Å². The Morgan fingerprint density at radius 3 is 2.07 bits per heavy atom. The van der Waals surface area contributed by atoms with Gasteiger partial charge in [-0.3, -0.25) is 9.69 Å². The first-order valence-corrected chi connectivity index (χ1v) is 10.5. The van der Waals surface area contributed by atoms with Crippen LogP contribution in [0.1, 0.15) is 18.5 Å². The van der Waals surface area contributed by atoms with E-state index in [0.717, 1.165) is 5.56 Å². The Balaban J connectivity index is 1.75. The number of sulfonamides is 1. The zero-order chi connectivity index (χ0) is 19.3. The van der Waals surface area contributed by atoms with Crippen LogP contribution in [0.3, 0.4) is 0 Å². The first-order valence-electron chi connectivity index (χ1n) is 9.06. The molecule has 1 unspecified atom stereocenters. The van der Waals surface area contributed by atoms with Crippen molar-refractivity contribution in [3.63, 3.8) is 0 Å². The van der Waals surface area contributed by atoms with E-state index >= 15 is 0 Å². The molecule has 1 atom stereocenters. The fourth-order valence-electron chi connectivity index (χ4n) is 3.35. The third-order valence-electron chi connectivity index (χ3n) is 4.90. The van der Waals surface area contributed by atoms with Crippen molar-refractivity contribution in [2.45, 2.75) is 17.9 Å². The van der Waals surface area contributed by atoms with E-state index in [9.17, 15) is 13.2 Å². The van der Waals surface area contributed by atoms with Gasteiger partial charge in [0, 0.05) is 45.7 Å². The predicted octanol–water partition coefficient (Wildman–Crippen LogP) is 1.87. The molecule has 144 valence electrons. The molecule has 1 saturated heterocycles. The first-order chi connectivity index (χ1) is 13.0. The van der Waals surface area contributed by atoms with Gasteiger partial charge >= 0.3 is 0 Å². The molecule has 1 N–H and O–H groups in total. The number of nitrogens with zero attached hydrogens (tertiary/aromatic N) is 2. The second-order valence-corrected chi connectivity index (χ2v) is 8.40. The SMILES string of the molecule is CC(=O)N1CCN(C(CNS(=O)(=O)c2ccccc2)c2ccccc2)CC1. The predicted molar refractivity (Wildman–Crippen MR) is 105 cm³/mol. The van der Waals surface area contributed by atoms with Crippen LogP contribution in [0.25, 0.3) is 0 Å². The summed E-state index contributed by atoms with van der Waals surface area (Å²) in [6.45, 7) is 4.60. The van der Waals surface area contributed by atoms with Gasteiger partial charge in [-0.25, -0.2) is 13.1 Å². The number of carbonyl (C=O) groups is 1. The maximum Gasteiger partial charge on any atom is 0.240 e. The summed E-state index contributed by atoms with van der Waals surface area (Å²) in [5.41, 5.74) is 1.06. The average molecular weight is 388 g/mol. The molecular formula is C20H25N3O3S. The minimum atomic E-state index is -3.57. The number of hydrogen-bond donors (Lipinski definition) is 1. The Bertz CT molecular complexity index is 849. The van der Waals surface area contributed by atoms with Crippen LogP contribution >= 0.6 is 0 Å². The summed E-state index contributed by atoms with van der Waals surface area (Å²) < 4.78 is 28.0. The van der Waals surface area contributed by atoms with Crippen LogP contribution in [0, 0.1) is 0 Å². The second-order valence-electron chi connectivity index (χ2n) is 6.63. The summed E-state index contributed by atoms with van der Waals surface area (Å²) in [6, 6.07) is 18.2. The highest BCUT2D eigenvalue weighted by Gasteiger charge is 2.27. The molecule has 3 rings (SSSR count). The number of benzene rings is 2. The van der Waals surface area contributed by atoms with E-state index in [2.05, 4.69) is 9.62 Å². The first kappa shape index (κ1) is 19.5. The lowest BCUT2D eigenvalue weighted by atomic mass is 10.0. The van der Waals surface area contributed by atoms with Crippen LogP contribution in [0.4, 0.5) is 0 Å². The van der Waals surface area contributed by atoms with Gasteiger partial charge in [0.2, 0.25) is 15.9 Å². The standard InChI is InChI=1S/C20H25N3O3S/c1-17(24)22-12-14-23(15-13-22)20(18-8-4-2-5-9-18)16-21-27(25,26)19-10-6-3-7-11-19/h2-11,20-21H,12-16H2,1H3. The van der Waals surface area contributed by atoms with Crippen LogP contribution < -0.4 is 4.72 Å². The van der Waals surface area contributed by atoms with Gasteiger partial charge in [-0.15, -0.1) is 0 Å². The Kier molecular flexibility index (Phi) is 6.26. The Hall–Kier alpha value is -2.22.